The molecule has 5 rings (SSSR count). The normalized spacial score (nSPS) is 18.3. The number of aliphatic hydroxyl groups is 2. The minimum Gasteiger partial charge on any atom is -0.497 e. The van der Waals surface area contributed by atoms with Gasteiger partial charge < -0.3 is 25.0 Å². The van der Waals surface area contributed by atoms with Crippen molar-refractivity contribution in [3.63, 3.8) is 0 Å². The molecule has 1 saturated carbocycles. The van der Waals surface area contributed by atoms with Crippen LogP contribution in [0.15, 0.2) is 42.9 Å². The summed E-state index contributed by atoms with van der Waals surface area (Å²) in [4.78, 5) is 4.58. The van der Waals surface area contributed by atoms with E-state index in [-0.39, 0.29) is 24.5 Å². The van der Waals surface area contributed by atoms with Gasteiger partial charge in [0.1, 0.15) is 17.3 Å². The van der Waals surface area contributed by atoms with Crippen LogP contribution in [0.3, 0.4) is 0 Å². The van der Waals surface area contributed by atoms with E-state index in [1.54, 1.807) is 23.0 Å². The van der Waals surface area contributed by atoms with E-state index < -0.39 is 11.9 Å². The maximum Gasteiger partial charge on any atom is 0.168 e. The summed E-state index contributed by atoms with van der Waals surface area (Å²) >= 11 is 0. The first-order valence-corrected chi connectivity index (χ1v) is 13.4. The van der Waals surface area contributed by atoms with Crippen molar-refractivity contribution < 1.29 is 24.1 Å². The Balaban J connectivity index is 1.36. The van der Waals surface area contributed by atoms with Crippen LogP contribution in [-0.2, 0) is 6.54 Å². The molecule has 3 aromatic heterocycles. The molecule has 0 bridgehead atoms. The summed E-state index contributed by atoms with van der Waals surface area (Å²) in [5.41, 5.74) is 2.65. The minimum atomic E-state index is -0.772. The summed E-state index contributed by atoms with van der Waals surface area (Å²) < 4.78 is 29.4. The Morgan fingerprint density at radius 3 is 2.72 bits per heavy atom. The molecule has 1 aliphatic rings. The van der Waals surface area contributed by atoms with Gasteiger partial charge in [-0.1, -0.05) is 0 Å². The van der Waals surface area contributed by atoms with Crippen molar-refractivity contribution in [3.05, 3.63) is 48.7 Å². The van der Waals surface area contributed by atoms with Crippen LogP contribution >= 0.6 is 0 Å². The zero-order valence-corrected chi connectivity index (χ0v) is 22.3. The number of nitrogens with zero attached hydrogens (tertiary/aromatic N) is 5. The van der Waals surface area contributed by atoms with Crippen LogP contribution in [-0.4, -0.2) is 67.2 Å². The molecule has 3 N–H and O–H groups in total. The van der Waals surface area contributed by atoms with Crippen molar-refractivity contribution in [3.8, 4) is 22.8 Å². The number of pyridine rings is 1. The maximum atomic E-state index is 14.4. The fourth-order valence-electron chi connectivity index (χ4n) is 5.07. The number of ether oxygens (including phenoxy) is 2. The summed E-state index contributed by atoms with van der Waals surface area (Å²) in [6, 6.07) is 6.85. The van der Waals surface area contributed by atoms with Crippen LogP contribution in [0.1, 0.15) is 45.1 Å². The first-order valence-electron chi connectivity index (χ1n) is 13.4. The molecule has 0 spiro atoms. The standard InChI is InChI=1S/C28H35FN6O4/c1-3-30-27-13-25-23(15-31-27)28(18-14-32-34(16-18)11-10-20(37)17-36)33-35(25)19-4-6-21(7-5-19)39-26-9-8-22(38-2)12-24(26)29/h8-9,12-16,19-21,36-37H,3-7,10-11,17H2,1-2H3,(H,30,31)/t19?,20-,21?/m1/s1. The van der Waals surface area contributed by atoms with E-state index >= 15 is 0 Å². The number of aliphatic hydroxyl groups excluding tert-OH is 2. The number of nitrogens with one attached hydrogen (secondary N) is 1. The second-order valence-electron chi connectivity index (χ2n) is 9.87. The largest absolute Gasteiger partial charge is 0.497 e. The fraction of sp³-hybridized carbons (Fsp3) is 0.464. The number of rotatable bonds is 11. The molecule has 1 aromatic carbocycles. The van der Waals surface area contributed by atoms with Crippen molar-refractivity contribution in [2.45, 2.75) is 63.8 Å². The molecule has 39 heavy (non-hydrogen) atoms. The van der Waals surface area contributed by atoms with Gasteiger partial charge in [-0.15, -0.1) is 0 Å². The summed E-state index contributed by atoms with van der Waals surface area (Å²) in [5.74, 6) is 1.08. The van der Waals surface area contributed by atoms with E-state index in [2.05, 4.69) is 20.1 Å². The van der Waals surface area contributed by atoms with Crippen molar-refractivity contribution >= 4 is 16.7 Å². The number of fused-ring (bicyclic) bond motifs is 1. The molecule has 0 unspecified atom stereocenters. The highest BCUT2D eigenvalue weighted by Gasteiger charge is 2.27. The lowest BCUT2D eigenvalue weighted by Gasteiger charge is -2.29. The van der Waals surface area contributed by atoms with Gasteiger partial charge >= 0.3 is 0 Å². The second kappa shape index (κ2) is 12.0. The molecule has 10 nitrogen and oxygen atoms in total. The number of benzene rings is 1. The van der Waals surface area contributed by atoms with Gasteiger partial charge in [0.15, 0.2) is 11.6 Å². The Labute approximate surface area is 226 Å². The average Bonchev–Trinajstić information content (AvgIpc) is 3.58. The van der Waals surface area contributed by atoms with Crippen LogP contribution in [0.2, 0.25) is 0 Å². The molecule has 0 radical (unpaired) electrons. The van der Waals surface area contributed by atoms with E-state index in [1.807, 2.05) is 25.4 Å². The van der Waals surface area contributed by atoms with Gasteiger partial charge in [0, 0.05) is 48.6 Å². The fourth-order valence-corrected chi connectivity index (χ4v) is 5.07. The van der Waals surface area contributed by atoms with Gasteiger partial charge in [-0.05, 0) is 51.2 Å². The van der Waals surface area contributed by atoms with E-state index in [9.17, 15) is 9.50 Å². The third-order valence-electron chi connectivity index (χ3n) is 7.18. The summed E-state index contributed by atoms with van der Waals surface area (Å²) in [6.45, 7) is 3.01. The Bertz CT molecular complexity index is 1400. The lowest BCUT2D eigenvalue weighted by molar-refractivity contribution is 0.0838. The lowest BCUT2D eigenvalue weighted by Crippen LogP contribution is -2.26. The second-order valence-corrected chi connectivity index (χ2v) is 9.87. The van der Waals surface area contributed by atoms with Gasteiger partial charge in [0.05, 0.1) is 43.7 Å². The number of halogens is 1. The highest BCUT2D eigenvalue weighted by molar-refractivity contribution is 5.93. The summed E-state index contributed by atoms with van der Waals surface area (Å²) in [7, 11) is 1.51. The molecule has 1 atom stereocenters. The SMILES string of the molecule is CCNc1cc2c(cn1)c(-c1cnn(CC[C@@H](O)CO)c1)nn2C1CCC(Oc2ccc(OC)cc2F)CC1. The maximum absolute atomic E-state index is 14.4. The zero-order valence-electron chi connectivity index (χ0n) is 22.3. The van der Waals surface area contributed by atoms with Gasteiger partial charge in [-0.25, -0.2) is 9.37 Å². The van der Waals surface area contributed by atoms with Crippen molar-refractivity contribution in [1.29, 1.82) is 0 Å². The molecule has 1 fully saturated rings. The molecule has 208 valence electrons. The van der Waals surface area contributed by atoms with E-state index in [0.29, 0.717) is 18.7 Å². The Kier molecular flexibility index (Phi) is 8.27. The van der Waals surface area contributed by atoms with Crippen LogP contribution < -0.4 is 14.8 Å². The number of aromatic nitrogens is 5. The molecule has 1 aliphatic carbocycles. The topological polar surface area (TPSA) is 119 Å². The number of hydrogen-bond donors (Lipinski definition) is 3. The molecule has 0 saturated heterocycles. The number of aryl methyl sites for hydroxylation is 1. The predicted molar refractivity (Wildman–Crippen MR) is 145 cm³/mol. The highest BCUT2D eigenvalue weighted by Crippen LogP contribution is 2.37. The van der Waals surface area contributed by atoms with Crippen LogP contribution in [0.25, 0.3) is 22.2 Å². The Morgan fingerprint density at radius 1 is 1.18 bits per heavy atom. The van der Waals surface area contributed by atoms with Crippen LogP contribution in [0.5, 0.6) is 11.5 Å². The van der Waals surface area contributed by atoms with Crippen molar-refractivity contribution in [1.82, 2.24) is 24.5 Å². The van der Waals surface area contributed by atoms with Gasteiger partial charge in [0.2, 0.25) is 0 Å². The monoisotopic (exact) mass is 538 g/mol. The Morgan fingerprint density at radius 2 is 2.00 bits per heavy atom. The minimum absolute atomic E-state index is 0.0723. The average molecular weight is 539 g/mol. The number of anilines is 1. The first-order chi connectivity index (χ1) is 19.0. The molecular formula is C28H35FN6O4. The third-order valence-corrected chi connectivity index (χ3v) is 7.18. The summed E-state index contributed by atoms with van der Waals surface area (Å²) in [6.07, 6.45) is 8.33. The Hall–Kier alpha value is -3.70. The number of hydrogen-bond acceptors (Lipinski definition) is 8. The molecule has 11 heteroatoms. The molecule has 0 aliphatic heterocycles. The lowest BCUT2D eigenvalue weighted by atomic mass is 9.93. The van der Waals surface area contributed by atoms with Gasteiger partial charge in [-0.3, -0.25) is 9.36 Å². The number of methoxy groups -OCH3 is 1. The predicted octanol–water partition coefficient (Wildman–Crippen LogP) is 4.18. The summed E-state index contributed by atoms with van der Waals surface area (Å²) in [5, 5.41) is 32.5. The molecule has 0 amide bonds. The quantitative estimate of drug-likeness (QED) is 0.260. The smallest absolute Gasteiger partial charge is 0.168 e. The van der Waals surface area contributed by atoms with Crippen LogP contribution in [0, 0.1) is 5.82 Å². The molecule has 3 heterocycles. The molecule has 4 aromatic rings. The van der Waals surface area contributed by atoms with Gasteiger partial charge in [0.25, 0.3) is 0 Å². The van der Waals surface area contributed by atoms with Crippen molar-refractivity contribution in [2.24, 2.45) is 0 Å². The van der Waals surface area contributed by atoms with Crippen LogP contribution in [0.4, 0.5) is 10.2 Å². The molecular weight excluding hydrogens is 503 g/mol. The van der Waals surface area contributed by atoms with E-state index in [0.717, 1.165) is 60.2 Å². The first kappa shape index (κ1) is 26.9. The highest BCUT2D eigenvalue weighted by atomic mass is 19.1. The van der Waals surface area contributed by atoms with E-state index in [1.165, 1.54) is 13.2 Å². The van der Waals surface area contributed by atoms with E-state index in [4.69, 9.17) is 19.7 Å². The third kappa shape index (κ3) is 5.99. The van der Waals surface area contributed by atoms with Gasteiger partial charge in [-0.2, -0.15) is 10.2 Å². The van der Waals surface area contributed by atoms with Crippen molar-refractivity contribution in [2.75, 3.05) is 25.6 Å². The zero-order chi connectivity index (χ0) is 27.4.